The second kappa shape index (κ2) is 9.10. The zero-order valence-corrected chi connectivity index (χ0v) is 18.3. The second-order valence-corrected chi connectivity index (χ2v) is 8.42. The summed E-state index contributed by atoms with van der Waals surface area (Å²) in [7, 11) is 0. The van der Waals surface area contributed by atoms with Crippen LogP contribution in [0.5, 0.6) is 0 Å². The molecule has 5 nitrogen and oxygen atoms in total. The number of thiazole rings is 1. The average Bonchev–Trinajstić information content (AvgIpc) is 3.17. The first-order valence-electron chi connectivity index (χ1n) is 10.1. The van der Waals surface area contributed by atoms with Crippen molar-refractivity contribution in [1.82, 2.24) is 10.3 Å². The highest BCUT2D eigenvalue weighted by Gasteiger charge is 2.22. The molecule has 3 aromatic carbocycles. The van der Waals surface area contributed by atoms with Crippen molar-refractivity contribution in [2.75, 3.05) is 11.4 Å². The maximum Gasteiger partial charge on any atom is 0.251 e. The number of para-hydroxylation sites is 1. The van der Waals surface area contributed by atoms with Crippen LogP contribution in [-0.4, -0.2) is 23.3 Å². The van der Waals surface area contributed by atoms with Gasteiger partial charge in [0.25, 0.3) is 5.91 Å². The Bertz CT molecular complexity index is 1180. The number of rotatable bonds is 6. The first-order chi connectivity index (χ1) is 15.0. The fourth-order valence-corrected chi connectivity index (χ4v) is 4.49. The number of anilines is 2. The van der Waals surface area contributed by atoms with Gasteiger partial charge in [0, 0.05) is 18.5 Å². The van der Waals surface area contributed by atoms with Crippen molar-refractivity contribution in [1.29, 1.82) is 0 Å². The normalized spacial score (nSPS) is 10.8. The summed E-state index contributed by atoms with van der Waals surface area (Å²) in [6.45, 7) is 4.27. The van der Waals surface area contributed by atoms with Gasteiger partial charge >= 0.3 is 0 Å². The third-order valence-electron chi connectivity index (χ3n) is 4.85. The fourth-order valence-electron chi connectivity index (χ4n) is 3.48. The topological polar surface area (TPSA) is 62.3 Å². The molecule has 6 heteroatoms. The van der Waals surface area contributed by atoms with Crippen LogP contribution < -0.4 is 10.2 Å². The number of aromatic nitrogens is 1. The summed E-state index contributed by atoms with van der Waals surface area (Å²) in [4.78, 5) is 32.0. The number of amides is 2. The van der Waals surface area contributed by atoms with Crippen LogP contribution in [-0.2, 0) is 4.79 Å². The molecule has 0 aliphatic rings. The molecular formula is C25H23N3O2S. The van der Waals surface area contributed by atoms with E-state index < -0.39 is 0 Å². The lowest BCUT2D eigenvalue weighted by molar-refractivity contribution is -0.117. The van der Waals surface area contributed by atoms with Crippen molar-refractivity contribution < 1.29 is 9.59 Å². The Morgan fingerprint density at radius 3 is 2.32 bits per heavy atom. The van der Waals surface area contributed by atoms with E-state index in [4.69, 9.17) is 4.98 Å². The van der Waals surface area contributed by atoms with Crippen molar-refractivity contribution in [3.8, 4) is 0 Å². The zero-order valence-electron chi connectivity index (χ0n) is 17.5. The predicted molar refractivity (Wildman–Crippen MR) is 126 cm³/mol. The Hall–Kier alpha value is -3.51. The summed E-state index contributed by atoms with van der Waals surface area (Å²) in [6, 6.07) is 22.9. The lowest BCUT2D eigenvalue weighted by Crippen LogP contribution is -2.32. The zero-order chi connectivity index (χ0) is 21.8. The van der Waals surface area contributed by atoms with Crippen LogP contribution in [0.3, 0.4) is 0 Å². The number of benzene rings is 3. The Labute approximate surface area is 185 Å². The van der Waals surface area contributed by atoms with Crippen LogP contribution in [0.25, 0.3) is 10.2 Å². The van der Waals surface area contributed by atoms with Crippen molar-refractivity contribution in [3.63, 3.8) is 0 Å². The van der Waals surface area contributed by atoms with E-state index in [1.165, 1.54) is 11.3 Å². The number of hydrogen-bond acceptors (Lipinski definition) is 4. The number of aryl methyl sites for hydroxylation is 2. The van der Waals surface area contributed by atoms with Gasteiger partial charge in [-0.3, -0.25) is 14.5 Å². The fraction of sp³-hybridized carbons (Fsp3) is 0.160. The molecule has 0 fully saturated rings. The van der Waals surface area contributed by atoms with Gasteiger partial charge in [0.15, 0.2) is 5.13 Å². The molecule has 156 valence electrons. The van der Waals surface area contributed by atoms with Crippen LogP contribution >= 0.6 is 11.3 Å². The van der Waals surface area contributed by atoms with Crippen LogP contribution in [0, 0.1) is 13.8 Å². The Morgan fingerprint density at radius 2 is 1.61 bits per heavy atom. The molecule has 1 heterocycles. The Balaban J connectivity index is 1.57. The number of nitrogens with one attached hydrogen (secondary N) is 1. The number of fused-ring (bicyclic) bond motifs is 1. The van der Waals surface area contributed by atoms with E-state index in [2.05, 4.69) is 11.4 Å². The minimum absolute atomic E-state index is 0.114. The van der Waals surface area contributed by atoms with Crippen LogP contribution in [0.15, 0.2) is 72.8 Å². The molecule has 2 amide bonds. The molecule has 0 radical (unpaired) electrons. The van der Waals surface area contributed by atoms with E-state index in [0.717, 1.165) is 27.0 Å². The quantitative estimate of drug-likeness (QED) is 0.446. The monoisotopic (exact) mass is 429 g/mol. The first kappa shape index (κ1) is 20.8. The summed E-state index contributed by atoms with van der Waals surface area (Å²) in [6.07, 6.45) is 0.168. The standard InChI is InChI=1S/C25H23N3O2S/c1-17-14-18(2)16-20(15-17)28(25-27-21-10-6-7-11-22(21)31-25)23(29)12-13-26-24(30)19-8-4-3-5-9-19/h3-11,14-16H,12-13H2,1-2H3,(H,26,30). The molecule has 0 spiro atoms. The maximum atomic E-state index is 13.3. The van der Waals surface area contributed by atoms with E-state index in [1.54, 1.807) is 17.0 Å². The van der Waals surface area contributed by atoms with Crippen molar-refractivity contribution in [2.24, 2.45) is 0 Å². The molecule has 0 aliphatic carbocycles. The molecule has 4 aromatic rings. The highest BCUT2D eigenvalue weighted by Crippen LogP contribution is 2.34. The average molecular weight is 430 g/mol. The number of carbonyl (C=O) groups is 2. The largest absolute Gasteiger partial charge is 0.352 e. The first-order valence-corrected chi connectivity index (χ1v) is 10.9. The summed E-state index contributed by atoms with van der Waals surface area (Å²) in [5.41, 5.74) is 4.38. The van der Waals surface area contributed by atoms with Crippen LogP contribution in [0.2, 0.25) is 0 Å². The molecule has 0 saturated carbocycles. The highest BCUT2D eigenvalue weighted by molar-refractivity contribution is 7.22. The van der Waals surface area contributed by atoms with E-state index in [1.807, 2.05) is 68.4 Å². The van der Waals surface area contributed by atoms with Gasteiger partial charge < -0.3 is 5.32 Å². The van der Waals surface area contributed by atoms with Gasteiger partial charge in [-0.2, -0.15) is 0 Å². The minimum Gasteiger partial charge on any atom is -0.352 e. The second-order valence-electron chi connectivity index (χ2n) is 7.41. The van der Waals surface area contributed by atoms with E-state index >= 15 is 0 Å². The Morgan fingerprint density at radius 1 is 0.935 bits per heavy atom. The van der Waals surface area contributed by atoms with Gasteiger partial charge in [0.2, 0.25) is 5.91 Å². The molecule has 0 aliphatic heterocycles. The molecule has 0 saturated heterocycles. The van der Waals surface area contributed by atoms with Crippen LogP contribution in [0.1, 0.15) is 27.9 Å². The number of carbonyl (C=O) groups excluding carboxylic acids is 2. The molecule has 0 bridgehead atoms. The molecule has 4 rings (SSSR count). The van der Waals surface area contributed by atoms with Crippen molar-refractivity contribution in [3.05, 3.63) is 89.5 Å². The molecule has 1 aromatic heterocycles. The van der Waals surface area contributed by atoms with E-state index in [0.29, 0.717) is 10.7 Å². The third kappa shape index (κ3) is 4.81. The maximum absolute atomic E-state index is 13.3. The van der Waals surface area contributed by atoms with Gasteiger partial charge in [-0.25, -0.2) is 4.98 Å². The van der Waals surface area contributed by atoms with Crippen molar-refractivity contribution in [2.45, 2.75) is 20.3 Å². The Kier molecular flexibility index (Phi) is 6.09. The predicted octanol–water partition coefficient (Wildman–Crippen LogP) is 5.40. The lowest BCUT2D eigenvalue weighted by atomic mass is 10.1. The molecule has 0 unspecified atom stereocenters. The summed E-state index contributed by atoms with van der Waals surface area (Å²) in [5, 5.41) is 3.46. The smallest absolute Gasteiger partial charge is 0.251 e. The van der Waals surface area contributed by atoms with Crippen LogP contribution in [0.4, 0.5) is 10.8 Å². The van der Waals surface area contributed by atoms with Gasteiger partial charge in [-0.1, -0.05) is 47.7 Å². The van der Waals surface area contributed by atoms with Crippen molar-refractivity contribution >= 4 is 44.2 Å². The lowest BCUT2D eigenvalue weighted by Gasteiger charge is -2.21. The molecular weight excluding hydrogens is 406 g/mol. The number of nitrogens with zero attached hydrogens (tertiary/aromatic N) is 2. The number of hydrogen-bond donors (Lipinski definition) is 1. The SMILES string of the molecule is Cc1cc(C)cc(N(C(=O)CCNC(=O)c2ccccc2)c2nc3ccccc3s2)c1. The summed E-state index contributed by atoms with van der Waals surface area (Å²) in [5.74, 6) is -0.302. The molecule has 1 N–H and O–H groups in total. The molecule has 0 atom stereocenters. The third-order valence-corrected chi connectivity index (χ3v) is 5.87. The van der Waals surface area contributed by atoms with Gasteiger partial charge in [0.05, 0.1) is 15.9 Å². The minimum atomic E-state index is -0.189. The van der Waals surface area contributed by atoms with Gasteiger partial charge in [-0.05, 0) is 61.4 Å². The van der Waals surface area contributed by atoms with Gasteiger partial charge in [0.1, 0.15) is 0 Å². The van der Waals surface area contributed by atoms with E-state index in [9.17, 15) is 9.59 Å². The van der Waals surface area contributed by atoms with Gasteiger partial charge in [-0.15, -0.1) is 0 Å². The summed E-state index contributed by atoms with van der Waals surface area (Å²) < 4.78 is 1.03. The summed E-state index contributed by atoms with van der Waals surface area (Å²) >= 11 is 1.48. The highest BCUT2D eigenvalue weighted by atomic mass is 32.1. The van der Waals surface area contributed by atoms with E-state index in [-0.39, 0.29) is 24.8 Å². The molecule has 31 heavy (non-hydrogen) atoms.